The molecule has 0 fully saturated rings. The fraction of sp³-hybridized carbons (Fsp3) is 0.778. The first-order chi connectivity index (χ1) is 6.06. The molecule has 2 amide bonds. The Morgan fingerprint density at radius 3 is 2.46 bits per heavy atom. The second-order valence-corrected chi connectivity index (χ2v) is 3.60. The van der Waals surface area contributed by atoms with E-state index in [1.54, 1.807) is 0 Å². The van der Waals surface area contributed by atoms with Crippen LogP contribution in [-0.2, 0) is 9.59 Å². The van der Waals surface area contributed by atoms with Gasteiger partial charge in [0.05, 0.1) is 6.54 Å². The van der Waals surface area contributed by atoms with Crippen molar-refractivity contribution in [2.24, 2.45) is 5.92 Å². The van der Waals surface area contributed by atoms with Gasteiger partial charge in [-0.1, -0.05) is 13.8 Å². The van der Waals surface area contributed by atoms with Gasteiger partial charge in [0, 0.05) is 6.04 Å². The third-order valence-electron chi connectivity index (χ3n) is 1.58. The largest absolute Gasteiger partial charge is 0.352 e. The van der Waals surface area contributed by atoms with Crippen LogP contribution in [0.1, 0.15) is 27.2 Å². The number of rotatable bonds is 6. The maximum absolute atomic E-state index is 11.1. The van der Waals surface area contributed by atoms with Crippen LogP contribution in [0.3, 0.4) is 0 Å². The highest BCUT2D eigenvalue weighted by molar-refractivity contribution is 5.79. The SMILES string of the molecule is CC(C)CC(C)NC(=O)CNC=O. The molecule has 0 aromatic rings. The van der Waals surface area contributed by atoms with Crippen molar-refractivity contribution in [3.63, 3.8) is 0 Å². The van der Waals surface area contributed by atoms with Crippen LogP contribution >= 0.6 is 0 Å². The van der Waals surface area contributed by atoms with Gasteiger partial charge < -0.3 is 10.6 Å². The fourth-order valence-electron chi connectivity index (χ4n) is 1.23. The molecule has 0 radical (unpaired) electrons. The Bertz CT molecular complexity index is 169. The normalized spacial score (nSPS) is 12.3. The van der Waals surface area contributed by atoms with Crippen LogP contribution in [0.25, 0.3) is 0 Å². The van der Waals surface area contributed by atoms with Crippen molar-refractivity contribution in [2.45, 2.75) is 33.2 Å². The van der Waals surface area contributed by atoms with Crippen molar-refractivity contribution in [1.29, 1.82) is 0 Å². The van der Waals surface area contributed by atoms with E-state index in [-0.39, 0.29) is 18.5 Å². The molecular weight excluding hydrogens is 168 g/mol. The maximum Gasteiger partial charge on any atom is 0.239 e. The van der Waals surface area contributed by atoms with Crippen LogP contribution in [-0.4, -0.2) is 24.9 Å². The molecule has 76 valence electrons. The second kappa shape index (κ2) is 6.46. The highest BCUT2D eigenvalue weighted by Crippen LogP contribution is 2.02. The third-order valence-corrected chi connectivity index (χ3v) is 1.58. The Hall–Kier alpha value is -1.06. The second-order valence-electron chi connectivity index (χ2n) is 3.60. The lowest BCUT2D eigenvalue weighted by molar-refractivity contribution is -0.122. The quantitative estimate of drug-likeness (QED) is 0.585. The molecular formula is C9H18N2O2. The summed E-state index contributed by atoms with van der Waals surface area (Å²) in [4.78, 5) is 20.9. The lowest BCUT2D eigenvalue weighted by atomic mass is 10.1. The van der Waals surface area contributed by atoms with E-state index >= 15 is 0 Å². The number of hydrogen-bond donors (Lipinski definition) is 2. The zero-order valence-electron chi connectivity index (χ0n) is 8.46. The van der Waals surface area contributed by atoms with Gasteiger partial charge in [-0.3, -0.25) is 9.59 Å². The molecule has 4 heteroatoms. The Morgan fingerprint density at radius 1 is 1.38 bits per heavy atom. The predicted molar refractivity (Wildman–Crippen MR) is 51.1 cm³/mol. The van der Waals surface area contributed by atoms with Gasteiger partial charge in [0.25, 0.3) is 0 Å². The average Bonchev–Trinajstić information content (AvgIpc) is 1.98. The zero-order valence-corrected chi connectivity index (χ0v) is 8.46. The van der Waals surface area contributed by atoms with Crippen LogP contribution < -0.4 is 10.6 Å². The van der Waals surface area contributed by atoms with Crippen molar-refractivity contribution in [3.8, 4) is 0 Å². The molecule has 13 heavy (non-hydrogen) atoms. The molecule has 0 heterocycles. The Kier molecular flexibility index (Phi) is 5.93. The molecule has 0 spiro atoms. The first-order valence-electron chi connectivity index (χ1n) is 4.52. The molecule has 0 saturated heterocycles. The number of carbonyl (C=O) groups excluding carboxylic acids is 2. The average molecular weight is 186 g/mol. The zero-order chi connectivity index (χ0) is 10.3. The van der Waals surface area contributed by atoms with E-state index in [1.807, 2.05) is 6.92 Å². The van der Waals surface area contributed by atoms with Gasteiger partial charge in [-0.05, 0) is 19.3 Å². The van der Waals surface area contributed by atoms with Gasteiger partial charge in [0.15, 0.2) is 0 Å². The Morgan fingerprint density at radius 2 is 2.00 bits per heavy atom. The summed E-state index contributed by atoms with van der Waals surface area (Å²) in [6, 6.07) is 0.168. The molecule has 0 aliphatic heterocycles. The van der Waals surface area contributed by atoms with Gasteiger partial charge in [-0.15, -0.1) is 0 Å². The van der Waals surface area contributed by atoms with Crippen LogP contribution in [0.5, 0.6) is 0 Å². The van der Waals surface area contributed by atoms with Crippen molar-refractivity contribution in [1.82, 2.24) is 10.6 Å². The summed E-state index contributed by atoms with van der Waals surface area (Å²) in [5.74, 6) is 0.426. The molecule has 0 aromatic heterocycles. The summed E-state index contributed by atoms with van der Waals surface area (Å²) in [6.07, 6.45) is 1.47. The minimum atomic E-state index is -0.139. The van der Waals surface area contributed by atoms with E-state index in [4.69, 9.17) is 0 Å². The monoisotopic (exact) mass is 186 g/mol. The minimum Gasteiger partial charge on any atom is -0.352 e. The molecule has 0 saturated carbocycles. The maximum atomic E-state index is 11.1. The summed E-state index contributed by atoms with van der Waals surface area (Å²) >= 11 is 0. The van der Waals surface area contributed by atoms with Crippen LogP contribution in [0.4, 0.5) is 0 Å². The van der Waals surface area contributed by atoms with Gasteiger partial charge in [0.2, 0.25) is 12.3 Å². The van der Waals surface area contributed by atoms with Crippen molar-refractivity contribution >= 4 is 12.3 Å². The van der Waals surface area contributed by atoms with Gasteiger partial charge in [-0.25, -0.2) is 0 Å². The molecule has 0 aromatic carbocycles. The van der Waals surface area contributed by atoms with Gasteiger partial charge in [-0.2, -0.15) is 0 Å². The fourth-order valence-corrected chi connectivity index (χ4v) is 1.23. The first-order valence-corrected chi connectivity index (χ1v) is 4.52. The van der Waals surface area contributed by atoms with Crippen molar-refractivity contribution in [3.05, 3.63) is 0 Å². The number of nitrogens with one attached hydrogen (secondary N) is 2. The van der Waals surface area contributed by atoms with E-state index < -0.39 is 0 Å². The molecule has 4 nitrogen and oxygen atoms in total. The van der Waals surface area contributed by atoms with Gasteiger partial charge >= 0.3 is 0 Å². The van der Waals surface area contributed by atoms with E-state index in [1.165, 1.54) is 0 Å². The molecule has 2 N–H and O–H groups in total. The lowest BCUT2D eigenvalue weighted by Crippen LogP contribution is -2.39. The van der Waals surface area contributed by atoms with Crippen LogP contribution in [0.15, 0.2) is 0 Å². The first kappa shape index (κ1) is 11.9. The molecule has 0 aliphatic carbocycles. The standard InChI is InChI=1S/C9H18N2O2/c1-7(2)4-8(3)11-9(13)5-10-6-12/h6-8H,4-5H2,1-3H3,(H,10,12)(H,11,13). The molecule has 0 rings (SSSR count). The third kappa shape index (κ3) is 7.31. The van der Waals surface area contributed by atoms with E-state index in [0.29, 0.717) is 12.3 Å². The van der Waals surface area contributed by atoms with Gasteiger partial charge in [0.1, 0.15) is 0 Å². The summed E-state index contributed by atoms with van der Waals surface area (Å²) in [5, 5.41) is 5.10. The van der Waals surface area contributed by atoms with Crippen LogP contribution in [0.2, 0.25) is 0 Å². The predicted octanol–water partition coefficient (Wildman–Crippen LogP) is 0.283. The highest BCUT2D eigenvalue weighted by atomic mass is 16.2. The van der Waals surface area contributed by atoms with E-state index in [0.717, 1.165) is 6.42 Å². The minimum absolute atomic E-state index is 0.0614. The molecule has 1 unspecified atom stereocenters. The smallest absolute Gasteiger partial charge is 0.239 e. The summed E-state index contributed by atoms with van der Waals surface area (Å²) in [7, 11) is 0. The lowest BCUT2D eigenvalue weighted by Gasteiger charge is -2.15. The summed E-state index contributed by atoms with van der Waals surface area (Å²) in [5.41, 5.74) is 0. The van der Waals surface area contributed by atoms with E-state index in [9.17, 15) is 9.59 Å². The molecule has 0 aliphatic rings. The van der Waals surface area contributed by atoms with Crippen molar-refractivity contribution in [2.75, 3.05) is 6.54 Å². The topological polar surface area (TPSA) is 58.2 Å². The molecule has 1 atom stereocenters. The van der Waals surface area contributed by atoms with Crippen LogP contribution in [0, 0.1) is 5.92 Å². The summed E-state index contributed by atoms with van der Waals surface area (Å²) in [6.45, 7) is 6.23. The van der Waals surface area contributed by atoms with E-state index in [2.05, 4.69) is 24.5 Å². The summed E-state index contributed by atoms with van der Waals surface area (Å²) < 4.78 is 0. The number of hydrogen-bond acceptors (Lipinski definition) is 2. The highest BCUT2D eigenvalue weighted by Gasteiger charge is 2.07. The number of carbonyl (C=O) groups is 2. The Balaban J connectivity index is 3.58. The number of amides is 2. The Labute approximate surface area is 79.1 Å². The van der Waals surface area contributed by atoms with Crippen molar-refractivity contribution < 1.29 is 9.59 Å². The molecule has 0 bridgehead atoms.